The van der Waals surface area contributed by atoms with Gasteiger partial charge in [0.15, 0.2) is 0 Å². The number of nitrogens with one attached hydrogen (secondary N) is 1. The van der Waals surface area contributed by atoms with E-state index in [-0.39, 0.29) is 5.82 Å². The van der Waals surface area contributed by atoms with Gasteiger partial charge in [0.1, 0.15) is 5.82 Å². The summed E-state index contributed by atoms with van der Waals surface area (Å²) in [6.45, 7) is 1.06. The first-order chi connectivity index (χ1) is 8.20. The zero-order valence-corrected chi connectivity index (χ0v) is 11.8. The number of rotatable bonds is 4. The number of hydrogen-bond acceptors (Lipinski definition) is 1. The standard InChI is InChI=1S/C14H19BrFN/c1-17-9-11-4-2-3-10(11)7-12-8-13(15)5-6-14(12)16/h5-6,8,10-11,17H,2-4,7,9H2,1H3. The van der Waals surface area contributed by atoms with Gasteiger partial charge in [-0.2, -0.15) is 0 Å². The first-order valence-electron chi connectivity index (χ1n) is 6.29. The van der Waals surface area contributed by atoms with Crippen LogP contribution in [0.25, 0.3) is 0 Å². The molecule has 0 aliphatic heterocycles. The lowest BCUT2D eigenvalue weighted by Crippen LogP contribution is -2.23. The predicted molar refractivity (Wildman–Crippen MR) is 72.6 cm³/mol. The monoisotopic (exact) mass is 299 g/mol. The Balaban J connectivity index is 2.06. The fourth-order valence-electron chi connectivity index (χ4n) is 2.90. The van der Waals surface area contributed by atoms with E-state index in [1.165, 1.54) is 19.3 Å². The number of hydrogen-bond donors (Lipinski definition) is 1. The van der Waals surface area contributed by atoms with Gasteiger partial charge in [0, 0.05) is 4.47 Å². The zero-order valence-electron chi connectivity index (χ0n) is 10.2. The molecule has 0 bridgehead atoms. The highest BCUT2D eigenvalue weighted by atomic mass is 79.9. The van der Waals surface area contributed by atoms with E-state index in [0.29, 0.717) is 11.8 Å². The van der Waals surface area contributed by atoms with Crippen LogP contribution in [0, 0.1) is 17.7 Å². The van der Waals surface area contributed by atoms with E-state index < -0.39 is 0 Å². The highest BCUT2D eigenvalue weighted by Crippen LogP contribution is 2.34. The van der Waals surface area contributed by atoms with Crippen LogP contribution >= 0.6 is 15.9 Å². The van der Waals surface area contributed by atoms with E-state index in [1.807, 2.05) is 13.1 Å². The summed E-state index contributed by atoms with van der Waals surface area (Å²) in [4.78, 5) is 0. The second-order valence-corrected chi connectivity index (χ2v) is 5.86. The summed E-state index contributed by atoms with van der Waals surface area (Å²) in [7, 11) is 2.00. The second-order valence-electron chi connectivity index (χ2n) is 4.95. The van der Waals surface area contributed by atoms with Gasteiger partial charge in [-0.1, -0.05) is 22.4 Å². The molecule has 0 radical (unpaired) electrons. The molecule has 1 aromatic carbocycles. The minimum absolute atomic E-state index is 0.0664. The third-order valence-corrected chi connectivity index (χ3v) is 4.27. The van der Waals surface area contributed by atoms with Gasteiger partial charge in [-0.25, -0.2) is 4.39 Å². The van der Waals surface area contributed by atoms with Gasteiger partial charge in [-0.3, -0.25) is 0 Å². The molecule has 0 amide bonds. The van der Waals surface area contributed by atoms with Crippen LogP contribution in [0.5, 0.6) is 0 Å². The van der Waals surface area contributed by atoms with E-state index >= 15 is 0 Å². The Labute approximate surface area is 111 Å². The van der Waals surface area contributed by atoms with Gasteiger partial charge < -0.3 is 5.32 Å². The van der Waals surface area contributed by atoms with Crippen molar-refractivity contribution in [2.24, 2.45) is 11.8 Å². The first kappa shape index (κ1) is 13.0. The van der Waals surface area contributed by atoms with Gasteiger partial charge in [0.2, 0.25) is 0 Å². The Morgan fingerprint density at radius 1 is 1.35 bits per heavy atom. The molecule has 1 aliphatic carbocycles. The van der Waals surface area contributed by atoms with Crippen LogP contribution in [0.4, 0.5) is 4.39 Å². The molecule has 2 atom stereocenters. The minimum atomic E-state index is -0.0664. The van der Waals surface area contributed by atoms with Crippen LogP contribution < -0.4 is 5.32 Å². The molecule has 3 heteroatoms. The lowest BCUT2D eigenvalue weighted by atomic mass is 9.89. The molecule has 0 spiro atoms. The van der Waals surface area contributed by atoms with E-state index in [1.54, 1.807) is 12.1 Å². The Morgan fingerprint density at radius 2 is 2.12 bits per heavy atom. The quantitative estimate of drug-likeness (QED) is 0.892. The molecule has 1 N–H and O–H groups in total. The van der Waals surface area contributed by atoms with Gasteiger partial charge in [0.05, 0.1) is 0 Å². The van der Waals surface area contributed by atoms with Gasteiger partial charge in [-0.05, 0) is 68.5 Å². The van der Waals surface area contributed by atoms with Crippen LogP contribution in [-0.4, -0.2) is 13.6 Å². The summed E-state index contributed by atoms with van der Waals surface area (Å²) in [5.41, 5.74) is 0.854. The average molecular weight is 300 g/mol. The van der Waals surface area contributed by atoms with Crippen LogP contribution in [0.3, 0.4) is 0 Å². The number of benzene rings is 1. The van der Waals surface area contributed by atoms with Crippen LogP contribution in [0.15, 0.2) is 22.7 Å². The van der Waals surface area contributed by atoms with Crippen molar-refractivity contribution in [3.05, 3.63) is 34.1 Å². The summed E-state index contributed by atoms with van der Waals surface area (Å²) < 4.78 is 14.7. The lowest BCUT2D eigenvalue weighted by Gasteiger charge is -2.19. The summed E-state index contributed by atoms with van der Waals surface area (Å²) in [6.07, 6.45) is 4.67. The maximum absolute atomic E-state index is 13.7. The smallest absolute Gasteiger partial charge is 0.126 e. The third-order valence-electron chi connectivity index (χ3n) is 3.77. The second kappa shape index (κ2) is 5.96. The van der Waals surface area contributed by atoms with Gasteiger partial charge in [0.25, 0.3) is 0 Å². The lowest BCUT2D eigenvalue weighted by molar-refractivity contribution is 0.370. The molecule has 17 heavy (non-hydrogen) atoms. The SMILES string of the molecule is CNCC1CCCC1Cc1cc(Br)ccc1F. The maximum atomic E-state index is 13.7. The molecule has 0 heterocycles. The molecule has 1 saturated carbocycles. The average Bonchev–Trinajstić information content (AvgIpc) is 2.72. The molecule has 1 aromatic rings. The predicted octanol–water partition coefficient (Wildman–Crippen LogP) is 3.77. The summed E-state index contributed by atoms with van der Waals surface area (Å²) >= 11 is 3.41. The molecule has 2 unspecified atom stereocenters. The highest BCUT2D eigenvalue weighted by Gasteiger charge is 2.27. The summed E-state index contributed by atoms with van der Waals surface area (Å²) in [5, 5.41) is 3.25. The van der Waals surface area contributed by atoms with Gasteiger partial charge in [-0.15, -0.1) is 0 Å². The molecule has 1 nitrogen and oxygen atoms in total. The molecular formula is C14H19BrFN. The van der Waals surface area contributed by atoms with Crippen molar-refractivity contribution >= 4 is 15.9 Å². The molecule has 2 rings (SSSR count). The van der Waals surface area contributed by atoms with Crippen LogP contribution in [0.1, 0.15) is 24.8 Å². The van der Waals surface area contributed by atoms with Crippen molar-refractivity contribution in [1.82, 2.24) is 5.32 Å². The number of halogens is 2. The van der Waals surface area contributed by atoms with E-state index in [9.17, 15) is 4.39 Å². The largest absolute Gasteiger partial charge is 0.319 e. The molecule has 0 aromatic heterocycles. The summed E-state index contributed by atoms with van der Waals surface area (Å²) in [6, 6.07) is 5.24. The van der Waals surface area contributed by atoms with E-state index in [4.69, 9.17) is 0 Å². The molecule has 1 fully saturated rings. The first-order valence-corrected chi connectivity index (χ1v) is 7.08. The van der Waals surface area contributed by atoms with Crippen molar-refractivity contribution in [2.45, 2.75) is 25.7 Å². The van der Waals surface area contributed by atoms with Crippen molar-refractivity contribution < 1.29 is 4.39 Å². The maximum Gasteiger partial charge on any atom is 0.126 e. The van der Waals surface area contributed by atoms with Crippen molar-refractivity contribution in [1.29, 1.82) is 0 Å². The minimum Gasteiger partial charge on any atom is -0.319 e. The van der Waals surface area contributed by atoms with E-state index in [2.05, 4.69) is 21.2 Å². The highest BCUT2D eigenvalue weighted by molar-refractivity contribution is 9.10. The molecular weight excluding hydrogens is 281 g/mol. The Bertz CT molecular complexity index is 380. The van der Waals surface area contributed by atoms with Crippen LogP contribution in [0.2, 0.25) is 0 Å². The molecule has 1 aliphatic rings. The normalized spacial score (nSPS) is 24.2. The van der Waals surface area contributed by atoms with Crippen molar-refractivity contribution in [2.75, 3.05) is 13.6 Å². The third kappa shape index (κ3) is 3.29. The molecule has 0 saturated heterocycles. The van der Waals surface area contributed by atoms with Crippen LogP contribution in [-0.2, 0) is 6.42 Å². The Morgan fingerprint density at radius 3 is 2.88 bits per heavy atom. The Kier molecular flexibility index (Phi) is 4.57. The van der Waals surface area contributed by atoms with Crippen molar-refractivity contribution in [3.8, 4) is 0 Å². The topological polar surface area (TPSA) is 12.0 Å². The van der Waals surface area contributed by atoms with E-state index in [0.717, 1.165) is 23.0 Å². The van der Waals surface area contributed by atoms with Crippen molar-refractivity contribution in [3.63, 3.8) is 0 Å². The fourth-order valence-corrected chi connectivity index (χ4v) is 3.30. The zero-order chi connectivity index (χ0) is 12.3. The van der Waals surface area contributed by atoms with Gasteiger partial charge >= 0.3 is 0 Å². The Hall–Kier alpha value is -0.410. The molecule has 94 valence electrons. The fraction of sp³-hybridized carbons (Fsp3) is 0.571. The summed E-state index contributed by atoms with van der Waals surface area (Å²) in [5.74, 6) is 1.27.